The molecule has 1 aliphatic heterocycles. The van der Waals surface area contributed by atoms with E-state index < -0.39 is 21.8 Å². The van der Waals surface area contributed by atoms with Gasteiger partial charge in [0.05, 0.1) is 24.1 Å². The number of sulfonamides is 1. The summed E-state index contributed by atoms with van der Waals surface area (Å²) in [5, 5.41) is 0. The van der Waals surface area contributed by atoms with Gasteiger partial charge in [0, 0.05) is 29.2 Å². The summed E-state index contributed by atoms with van der Waals surface area (Å²) >= 11 is 3.40. The van der Waals surface area contributed by atoms with Gasteiger partial charge in [0.2, 0.25) is 10.0 Å². The highest BCUT2D eigenvalue weighted by Gasteiger charge is 2.32. The van der Waals surface area contributed by atoms with E-state index in [4.69, 9.17) is 0 Å². The average molecular weight is 547 g/mol. The molecule has 0 saturated carbocycles. The molecule has 0 aromatic heterocycles. The number of halogens is 4. The molecular formula is C23H26BrF3N2O3S. The van der Waals surface area contributed by atoms with E-state index in [1.54, 1.807) is 25.1 Å². The molecule has 1 atom stereocenters. The van der Waals surface area contributed by atoms with Crippen molar-refractivity contribution < 1.29 is 26.4 Å². The molecule has 1 saturated heterocycles. The number of piperidine rings is 1. The lowest BCUT2D eigenvalue weighted by Gasteiger charge is -2.33. The lowest BCUT2D eigenvalue weighted by atomic mass is 10.0. The van der Waals surface area contributed by atoms with Crippen LogP contribution in [-0.4, -0.2) is 34.0 Å². The van der Waals surface area contributed by atoms with Crippen molar-refractivity contribution in [3.05, 3.63) is 57.6 Å². The van der Waals surface area contributed by atoms with E-state index in [0.29, 0.717) is 34.5 Å². The molecule has 1 aliphatic rings. The summed E-state index contributed by atoms with van der Waals surface area (Å²) in [4.78, 5) is 13.0. The van der Waals surface area contributed by atoms with Crippen LogP contribution in [0.2, 0.25) is 0 Å². The first-order valence-corrected chi connectivity index (χ1v) is 13.2. The van der Waals surface area contributed by atoms with Gasteiger partial charge < -0.3 is 9.69 Å². The van der Waals surface area contributed by atoms with E-state index in [0.717, 1.165) is 49.5 Å². The Morgan fingerprint density at radius 3 is 2.33 bits per heavy atom. The highest BCUT2D eigenvalue weighted by Crippen LogP contribution is 2.37. The molecule has 1 unspecified atom stereocenters. The Labute approximate surface area is 200 Å². The Balaban J connectivity index is 2.06. The maximum atomic E-state index is 13.4. The van der Waals surface area contributed by atoms with E-state index in [9.17, 15) is 26.4 Å². The van der Waals surface area contributed by atoms with Crippen LogP contribution in [0.3, 0.4) is 0 Å². The van der Waals surface area contributed by atoms with Gasteiger partial charge in [-0.1, -0.05) is 19.1 Å². The third-order valence-corrected chi connectivity index (χ3v) is 7.56. The smallest absolute Gasteiger partial charge is 0.371 e. The lowest BCUT2D eigenvalue weighted by molar-refractivity contribution is -0.137. The van der Waals surface area contributed by atoms with Crippen molar-refractivity contribution in [3.8, 4) is 0 Å². The number of nitrogens with zero attached hydrogens (tertiary/aromatic N) is 2. The molecule has 0 aliphatic carbocycles. The fourth-order valence-corrected chi connectivity index (χ4v) is 5.54. The second kappa shape index (κ2) is 10.0. The molecule has 0 bridgehead atoms. The Morgan fingerprint density at radius 1 is 1.12 bits per heavy atom. The van der Waals surface area contributed by atoms with Gasteiger partial charge in [0.1, 0.15) is 6.29 Å². The fourth-order valence-electron chi connectivity index (χ4n) is 3.93. The molecular weight excluding hydrogens is 521 g/mol. The number of alkyl halides is 3. The zero-order valence-corrected chi connectivity index (χ0v) is 20.8. The van der Waals surface area contributed by atoms with Gasteiger partial charge in [0.15, 0.2) is 0 Å². The number of carbonyl (C=O) groups excluding carboxylic acids is 1. The van der Waals surface area contributed by atoms with E-state index >= 15 is 0 Å². The molecule has 2 aromatic rings. The predicted molar refractivity (Wildman–Crippen MR) is 127 cm³/mol. The Bertz CT molecular complexity index is 1120. The predicted octanol–water partition coefficient (Wildman–Crippen LogP) is 5.73. The minimum absolute atomic E-state index is 0.121. The van der Waals surface area contributed by atoms with Crippen LogP contribution in [0.15, 0.2) is 40.9 Å². The van der Waals surface area contributed by atoms with Crippen LogP contribution in [0.1, 0.15) is 48.8 Å². The van der Waals surface area contributed by atoms with Crippen molar-refractivity contribution in [2.75, 3.05) is 28.6 Å². The number of hydrogen-bond donors (Lipinski definition) is 0. The quantitative estimate of drug-likeness (QED) is 0.416. The third-order valence-electron chi connectivity index (χ3n) is 5.79. The summed E-state index contributed by atoms with van der Waals surface area (Å²) in [6.45, 7) is 2.85. The summed E-state index contributed by atoms with van der Waals surface area (Å²) in [6, 6.07) is 8.44. The summed E-state index contributed by atoms with van der Waals surface area (Å²) < 4.78 is 67.4. The molecule has 0 amide bonds. The normalized spacial score (nSPS) is 15.9. The SMILES string of the molecule is CC(C=O)c1ccc(N(Cc2ccc(C(F)(F)F)cc2N2CCCCC2)S(C)(=O)=O)c(Br)c1. The van der Waals surface area contributed by atoms with Crippen LogP contribution in [0.5, 0.6) is 0 Å². The molecule has 1 fully saturated rings. The molecule has 180 valence electrons. The van der Waals surface area contributed by atoms with E-state index in [-0.39, 0.29) is 12.5 Å². The number of aldehydes is 1. The number of hydrogen-bond acceptors (Lipinski definition) is 4. The average Bonchev–Trinajstić information content (AvgIpc) is 2.76. The summed E-state index contributed by atoms with van der Waals surface area (Å²) in [5.41, 5.74) is 1.21. The maximum absolute atomic E-state index is 13.4. The first-order valence-electron chi connectivity index (χ1n) is 10.6. The van der Waals surface area contributed by atoms with E-state index in [1.165, 1.54) is 10.4 Å². The number of rotatable bonds is 7. The summed E-state index contributed by atoms with van der Waals surface area (Å²) in [7, 11) is -3.77. The largest absolute Gasteiger partial charge is 0.416 e. The minimum atomic E-state index is -4.49. The van der Waals surface area contributed by atoms with E-state index in [1.807, 2.05) is 4.90 Å². The molecule has 1 heterocycles. The van der Waals surface area contributed by atoms with Gasteiger partial charge in [0.25, 0.3) is 0 Å². The summed E-state index contributed by atoms with van der Waals surface area (Å²) in [6.07, 6.45) is 0.113. The molecule has 0 N–H and O–H groups in total. The van der Waals surface area contributed by atoms with Crippen molar-refractivity contribution in [3.63, 3.8) is 0 Å². The Kier molecular flexibility index (Phi) is 7.78. The first-order chi connectivity index (χ1) is 15.4. The highest BCUT2D eigenvalue weighted by atomic mass is 79.9. The Hall–Kier alpha value is -2.07. The molecule has 0 spiro atoms. The van der Waals surface area contributed by atoms with Crippen molar-refractivity contribution in [1.29, 1.82) is 0 Å². The fraction of sp³-hybridized carbons (Fsp3) is 0.435. The number of benzene rings is 2. The Morgan fingerprint density at radius 2 is 1.79 bits per heavy atom. The van der Waals surface area contributed by atoms with Crippen LogP contribution in [0.4, 0.5) is 24.5 Å². The van der Waals surface area contributed by atoms with Crippen LogP contribution < -0.4 is 9.21 Å². The van der Waals surface area contributed by atoms with Crippen LogP contribution >= 0.6 is 15.9 Å². The molecule has 0 radical (unpaired) electrons. The van der Waals surface area contributed by atoms with Crippen molar-refractivity contribution in [2.45, 2.75) is 44.8 Å². The van der Waals surface area contributed by atoms with Crippen LogP contribution in [-0.2, 0) is 27.5 Å². The van der Waals surface area contributed by atoms with Gasteiger partial charge in [-0.25, -0.2) is 8.42 Å². The second-order valence-corrected chi connectivity index (χ2v) is 11.1. The second-order valence-electron chi connectivity index (χ2n) is 8.29. The molecule has 5 nitrogen and oxygen atoms in total. The van der Waals surface area contributed by atoms with Gasteiger partial charge in [-0.2, -0.15) is 13.2 Å². The minimum Gasteiger partial charge on any atom is -0.371 e. The topological polar surface area (TPSA) is 57.7 Å². The number of carbonyl (C=O) groups is 1. The van der Waals surface area contributed by atoms with Crippen molar-refractivity contribution in [1.82, 2.24) is 0 Å². The van der Waals surface area contributed by atoms with Gasteiger partial charge in [-0.15, -0.1) is 0 Å². The van der Waals surface area contributed by atoms with Crippen molar-refractivity contribution in [2.24, 2.45) is 0 Å². The lowest BCUT2D eigenvalue weighted by Crippen LogP contribution is -2.33. The van der Waals surface area contributed by atoms with Crippen LogP contribution in [0.25, 0.3) is 0 Å². The van der Waals surface area contributed by atoms with Crippen molar-refractivity contribution >= 4 is 43.6 Å². The molecule has 2 aromatic carbocycles. The monoisotopic (exact) mass is 546 g/mol. The van der Waals surface area contributed by atoms with Gasteiger partial charge in [-0.3, -0.25) is 4.31 Å². The van der Waals surface area contributed by atoms with Gasteiger partial charge in [-0.05, 0) is 70.6 Å². The van der Waals surface area contributed by atoms with Crippen LogP contribution in [0, 0.1) is 0 Å². The third kappa shape index (κ3) is 6.09. The standard InChI is InChI=1S/C23H26BrF3N2O3S/c1-16(15-30)17-7-9-21(20(24)12-17)29(33(2,31)32)14-18-6-8-19(23(25,26)27)13-22(18)28-10-4-3-5-11-28/h6-9,12-13,15-16H,3-5,10-11,14H2,1-2H3. The highest BCUT2D eigenvalue weighted by molar-refractivity contribution is 9.10. The molecule has 33 heavy (non-hydrogen) atoms. The maximum Gasteiger partial charge on any atom is 0.416 e. The zero-order chi connectivity index (χ0) is 24.4. The van der Waals surface area contributed by atoms with E-state index in [2.05, 4.69) is 15.9 Å². The summed E-state index contributed by atoms with van der Waals surface area (Å²) in [5.74, 6) is -0.359. The first kappa shape index (κ1) is 25.6. The van der Waals surface area contributed by atoms with Gasteiger partial charge >= 0.3 is 6.18 Å². The zero-order valence-electron chi connectivity index (χ0n) is 18.4. The molecule has 10 heteroatoms. The number of anilines is 2. The molecule has 3 rings (SSSR count).